The zero-order valence-electron chi connectivity index (χ0n) is 10.0. The lowest BCUT2D eigenvalue weighted by Gasteiger charge is -2.13. The van der Waals surface area contributed by atoms with Gasteiger partial charge >= 0.3 is 0 Å². The van der Waals surface area contributed by atoms with Crippen LogP contribution in [0.5, 0.6) is 0 Å². The van der Waals surface area contributed by atoms with Gasteiger partial charge in [-0.05, 0) is 26.0 Å². The fraction of sp³-hybridized carbons (Fsp3) is 0.500. The minimum absolute atomic E-state index is 0.746. The van der Waals surface area contributed by atoms with Crippen LogP contribution < -0.4 is 0 Å². The molecule has 0 aromatic carbocycles. The van der Waals surface area contributed by atoms with Crippen LogP contribution in [0, 0.1) is 11.5 Å². The Morgan fingerprint density at radius 2 is 1.87 bits per heavy atom. The van der Waals surface area contributed by atoms with Crippen molar-refractivity contribution in [2.45, 2.75) is 39.1 Å². The molecule has 0 aliphatic heterocycles. The highest BCUT2D eigenvalue weighted by Crippen LogP contribution is 2.27. The first kappa shape index (κ1) is 12.5. The lowest BCUT2D eigenvalue weighted by atomic mass is 10.1. The van der Waals surface area contributed by atoms with Gasteiger partial charge in [0, 0.05) is 4.88 Å². The van der Waals surface area contributed by atoms with Crippen LogP contribution in [0.1, 0.15) is 23.6 Å². The van der Waals surface area contributed by atoms with E-state index in [1.165, 1.54) is 0 Å². The molecule has 1 aromatic rings. The van der Waals surface area contributed by atoms with Gasteiger partial charge in [-0.2, -0.15) is 0 Å². The summed E-state index contributed by atoms with van der Waals surface area (Å²) in [5.74, 6) is 3.20. The molecule has 0 saturated heterocycles. The second-order valence-electron chi connectivity index (χ2n) is 5.22. The number of thiophene rings is 1. The van der Waals surface area contributed by atoms with Crippen LogP contribution in [0.4, 0.5) is 0 Å². The summed E-state index contributed by atoms with van der Waals surface area (Å²) in [6.07, 6.45) is 0. The minimum atomic E-state index is -1.29. The summed E-state index contributed by atoms with van der Waals surface area (Å²) in [6.45, 7) is 10.3. The smallest absolute Gasteiger partial charge is 0.129 e. The van der Waals surface area contributed by atoms with Gasteiger partial charge in [-0.15, -0.1) is 16.9 Å². The molecule has 1 nitrogen and oxygen atoms in total. The summed E-state index contributed by atoms with van der Waals surface area (Å²) >= 11 is 1.58. The van der Waals surface area contributed by atoms with Crippen LogP contribution >= 0.6 is 11.3 Å². The van der Waals surface area contributed by atoms with Crippen molar-refractivity contribution in [1.82, 2.24) is 0 Å². The Labute approximate surface area is 97.2 Å². The van der Waals surface area contributed by atoms with Gasteiger partial charge in [0.05, 0.1) is 10.5 Å². The molecule has 0 aliphatic rings. The van der Waals surface area contributed by atoms with E-state index in [2.05, 4.69) is 31.1 Å². The average molecular weight is 238 g/mol. The molecule has 0 spiro atoms. The van der Waals surface area contributed by atoms with Gasteiger partial charge < -0.3 is 5.11 Å². The van der Waals surface area contributed by atoms with Crippen molar-refractivity contribution in [3.8, 4) is 11.5 Å². The summed E-state index contributed by atoms with van der Waals surface area (Å²) in [6, 6.07) is 3.95. The Morgan fingerprint density at radius 1 is 1.27 bits per heavy atom. The molecular weight excluding hydrogens is 220 g/mol. The number of aliphatic hydroxyl groups is 1. The molecule has 0 radical (unpaired) electrons. The van der Waals surface area contributed by atoms with E-state index in [1.54, 1.807) is 25.2 Å². The van der Waals surface area contributed by atoms with Crippen molar-refractivity contribution in [1.29, 1.82) is 0 Å². The van der Waals surface area contributed by atoms with Crippen molar-refractivity contribution < 1.29 is 5.11 Å². The van der Waals surface area contributed by atoms with Crippen LogP contribution in [0.3, 0.4) is 0 Å². The number of hydrogen-bond donors (Lipinski definition) is 1. The van der Waals surface area contributed by atoms with E-state index < -0.39 is 13.7 Å². The Kier molecular flexibility index (Phi) is 3.44. The first-order chi connectivity index (χ1) is 6.68. The number of hydrogen-bond acceptors (Lipinski definition) is 2. The molecule has 82 valence electrons. The SMILES string of the molecule is CC(C)(O)c1ccc(C#C[Si](C)(C)C)s1. The zero-order valence-corrected chi connectivity index (χ0v) is 11.8. The Bertz CT molecular complexity index is 396. The van der Waals surface area contributed by atoms with E-state index in [4.69, 9.17) is 0 Å². The molecule has 0 aliphatic carbocycles. The van der Waals surface area contributed by atoms with E-state index >= 15 is 0 Å². The normalized spacial score (nSPS) is 12.1. The molecule has 0 unspecified atom stereocenters. The van der Waals surface area contributed by atoms with Crippen molar-refractivity contribution >= 4 is 19.4 Å². The zero-order chi connectivity index (χ0) is 11.7. The molecule has 0 fully saturated rings. The summed E-state index contributed by atoms with van der Waals surface area (Å²) in [4.78, 5) is 2.02. The van der Waals surface area contributed by atoms with E-state index in [1.807, 2.05) is 12.1 Å². The standard InChI is InChI=1S/C12H18OSSi/c1-12(2,13)11-7-6-10(14-11)8-9-15(3,4)5/h6-7,13H,1-5H3. The fourth-order valence-electron chi connectivity index (χ4n) is 0.983. The third-order valence-corrected chi connectivity index (χ3v) is 3.96. The lowest BCUT2D eigenvalue weighted by molar-refractivity contribution is 0.0825. The van der Waals surface area contributed by atoms with Gasteiger partial charge in [-0.3, -0.25) is 0 Å². The molecule has 1 rings (SSSR count). The third-order valence-electron chi connectivity index (χ3n) is 1.77. The number of rotatable bonds is 1. The molecule has 0 atom stereocenters. The molecule has 3 heteroatoms. The first-order valence-corrected chi connectivity index (χ1v) is 9.36. The molecule has 1 heterocycles. The van der Waals surface area contributed by atoms with E-state index in [0.29, 0.717) is 0 Å². The largest absolute Gasteiger partial charge is 0.385 e. The van der Waals surface area contributed by atoms with Gasteiger partial charge in [-0.25, -0.2) is 0 Å². The highest BCUT2D eigenvalue weighted by Gasteiger charge is 2.17. The van der Waals surface area contributed by atoms with E-state index in [9.17, 15) is 5.11 Å². The summed E-state index contributed by atoms with van der Waals surface area (Å²) in [5.41, 5.74) is 2.57. The Morgan fingerprint density at radius 3 is 2.27 bits per heavy atom. The third kappa shape index (κ3) is 4.21. The average Bonchev–Trinajstić information content (AvgIpc) is 2.45. The maximum atomic E-state index is 9.80. The highest BCUT2D eigenvalue weighted by molar-refractivity contribution is 7.12. The molecule has 0 amide bonds. The van der Waals surface area contributed by atoms with Crippen LogP contribution in [0.25, 0.3) is 0 Å². The quantitative estimate of drug-likeness (QED) is 0.588. The second-order valence-corrected chi connectivity index (χ2v) is 11.1. The van der Waals surface area contributed by atoms with Gasteiger partial charge in [-0.1, -0.05) is 25.6 Å². The maximum Gasteiger partial charge on any atom is 0.129 e. The van der Waals surface area contributed by atoms with Crippen LogP contribution in [0.2, 0.25) is 19.6 Å². The van der Waals surface area contributed by atoms with Crippen molar-refractivity contribution in [2.24, 2.45) is 0 Å². The van der Waals surface area contributed by atoms with Crippen molar-refractivity contribution in [2.75, 3.05) is 0 Å². The molecule has 0 bridgehead atoms. The molecule has 1 N–H and O–H groups in total. The monoisotopic (exact) mass is 238 g/mol. The van der Waals surface area contributed by atoms with Crippen molar-refractivity contribution in [3.63, 3.8) is 0 Å². The molecule has 15 heavy (non-hydrogen) atoms. The summed E-state index contributed by atoms with van der Waals surface area (Å²) in [7, 11) is -1.29. The predicted molar refractivity (Wildman–Crippen MR) is 69.8 cm³/mol. The Balaban J connectivity index is 2.90. The maximum absolute atomic E-state index is 9.80. The first-order valence-electron chi connectivity index (χ1n) is 5.04. The topological polar surface area (TPSA) is 20.2 Å². The van der Waals surface area contributed by atoms with Crippen molar-refractivity contribution in [3.05, 3.63) is 21.9 Å². The molecular formula is C12H18OSSi. The minimum Gasteiger partial charge on any atom is -0.385 e. The second kappa shape index (κ2) is 4.13. The Hall–Kier alpha value is -0.563. The van der Waals surface area contributed by atoms with Crippen LogP contribution in [-0.2, 0) is 5.60 Å². The molecule has 0 saturated carbocycles. The fourth-order valence-corrected chi connectivity index (χ4v) is 2.44. The van der Waals surface area contributed by atoms with Gasteiger partial charge in [0.25, 0.3) is 0 Å². The summed E-state index contributed by atoms with van der Waals surface area (Å²) < 4.78 is 0. The molecule has 1 aromatic heterocycles. The van der Waals surface area contributed by atoms with Gasteiger partial charge in [0.15, 0.2) is 0 Å². The predicted octanol–water partition coefficient (Wildman–Crippen LogP) is 3.20. The van der Waals surface area contributed by atoms with Crippen LogP contribution in [-0.4, -0.2) is 13.2 Å². The highest BCUT2D eigenvalue weighted by atomic mass is 32.1. The van der Waals surface area contributed by atoms with Crippen LogP contribution in [0.15, 0.2) is 12.1 Å². The van der Waals surface area contributed by atoms with E-state index in [-0.39, 0.29) is 0 Å². The van der Waals surface area contributed by atoms with Gasteiger partial charge in [0.1, 0.15) is 8.07 Å². The lowest BCUT2D eigenvalue weighted by Crippen LogP contribution is -2.16. The van der Waals surface area contributed by atoms with Gasteiger partial charge in [0.2, 0.25) is 0 Å². The summed E-state index contributed by atoms with van der Waals surface area (Å²) in [5, 5.41) is 9.80. The van der Waals surface area contributed by atoms with E-state index in [0.717, 1.165) is 9.75 Å².